The maximum atomic E-state index is 11.5. The Morgan fingerprint density at radius 2 is 2.07 bits per heavy atom. The summed E-state index contributed by atoms with van der Waals surface area (Å²) in [7, 11) is 0. The molecule has 1 aromatic heterocycles. The van der Waals surface area contributed by atoms with E-state index in [0.29, 0.717) is 5.76 Å². The Hall–Kier alpha value is -0.740. The Balaban J connectivity index is 2.65. The fourth-order valence-electron chi connectivity index (χ4n) is 0.781. The van der Waals surface area contributed by atoms with Crippen molar-refractivity contribution < 1.29 is 8.97 Å². The van der Waals surface area contributed by atoms with Crippen molar-refractivity contribution in [3.63, 3.8) is 0 Å². The number of furan rings is 1. The van der Waals surface area contributed by atoms with Crippen LogP contribution >= 0.6 is 0 Å². The predicted molar refractivity (Wildman–Crippen MR) is 58.9 cm³/mol. The second-order valence-electron chi connectivity index (χ2n) is 4.04. The van der Waals surface area contributed by atoms with Crippen LogP contribution in [0.2, 0.25) is 0 Å². The van der Waals surface area contributed by atoms with Gasteiger partial charge >= 0.3 is 0 Å². The number of nitrogens with zero attached hydrogens (tertiary/aromatic N) is 1. The Bertz CT molecular complexity index is 325. The lowest BCUT2D eigenvalue weighted by Gasteiger charge is -2.17. The summed E-state index contributed by atoms with van der Waals surface area (Å²) in [6.45, 7) is 7.51. The molecule has 0 aliphatic rings. The minimum Gasteiger partial charge on any atom is -0.591 e. The monoisotopic (exact) mass is 213 g/mol. The average molecular weight is 213 g/mol. The molecule has 0 fully saturated rings. The van der Waals surface area contributed by atoms with Crippen molar-refractivity contribution in [1.29, 1.82) is 0 Å². The molecule has 1 rings (SSSR count). The largest absolute Gasteiger partial charge is 0.591 e. The second kappa shape index (κ2) is 4.19. The molecule has 1 aromatic rings. The molecule has 0 N–H and O–H groups in total. The summed E-state index contributed by atoms with van der Waals surface area (Å²) in [4.78, 5) is 0. The number of hydrogen-bond acceptors (Lipinski definition) is 3. The quantitative estimate of drug-likeness (QED) is 0.559. The fraction of sp³-hybridized carbons (Fsp3) is 0.500. The first kappa shape index (κ1) is 11.3. The third-order valence-corrected chi connectivity index (χ3v) is 2.91. The van der Waals surface area contributed by atoms with E-state index in [1.165, 1.54) is 6.21 Å². The molecular weight excluding hydrogens is 198 g/mol. The molecule has 0 spiro atoms. The summed E-state index contributed by atoms with van der Waals surface area (Å²) >= 11 is -1.22. The SMILES string of the molecule is Cc1ccc(/C=N/[S+]([O-])C(C)(C)C)o1. The highest BCUT2D eigenvalue weighted by molar-refractivity contribution is 7.91. The molecule has 3 nitrogen and oxygen atoms in total. The van der Waals surface area contributed by atoms with Crippen molar-refractivity contribution >= 4 is 17.6 Å². The summed E-state index contributed by atoms with van der Waals surface area (Å²) in [5, 5.41) is 0. The minimum absolute atomic E-state index is 0.321. The van der Waals surface area contributed by atoms with Crippen LogP contribution in [-0.4, -0.2) is 15.5 Å². The summed E-state index contributed by atoms with van der Waals surface area (Å²) in [6.07, 6.45) is 1.51. The van der Waals surface area contributed by atoms with E-state index in [4.69, 9.17) is 4.42 Å². The van der Waals surface area contributed by atoms with Gasteiger partial charge in [0.25, 0.3) is 0 Å². The molecule has 0 amide bonds. The fourth-order valence-corrected chi connectivity index (χ4v) is 1.30. The van der Waals surface area contributed by atoms with Crippen molar-refractivity contribution in [3.05, 3.63) is 23.7 Å². The van der Waals surface area contributed by atoms with Crippen LogP contribution in [0.15, 0.2) is 20.9 Å². The first-order chi connectivity index (χ1) is 6.39. The molecule has 0 aliphatic carbocycles. The highest BCUT2D eigenvalue weighted by Gasteiger charge is 2.25. The Labute approximate surface area is 87.5 Å². The van der Waals surface area contributed by atoms with Gasteiger partial charge in [-0.2, -0.15) is 0 Å². The molecule has 0 radical (unpaired) electrons. The van der Waals surface area contributed by atoms with Crippen LogP contribution in [0.3, 0.4) is 0 Å². The number of rotatable bonds is 2. The van der Waals surface area contributed by atoms with Crippen molar-refractivity contribution in [2.24, 2.45) is 4.40 Å². The van der Waals surface area contributed by atoms with Crippen molar-refractivity contribution in [1.82, 2.24) is 0 Å². The maximum absolute atomic E-state index is 11.5. The molecule has 1 unspecified atom stereocenters. The van der Waals surface area contributed by atoms with E-state index < -0.39 is 11.4 Å². The molecule has 0 aromatic carbocycles. The summed E-state index contributed by atoms with van der Waals surface area (Å²) in [6, 6.07) is 3.65. The Morgan fingerprint density at radius 1 is 1.43 bits per heavy atom. The van der Waals surface area contributed by atoms with Crippen LogP contribution in [0.25, 0.3) is 0 Å². The first-order valence-electron chi connectivity index (χ1n) is 4.42. The third-order valence-electron chi connectivity index (χ3n) is 1.56. The highest BCUT2D eigenvalue weighted by Crippen LogP contribution is 2.17. The van der Waals surface area contributed by atoms with Crippen molar-refractivity contribution in [2.45, 2.75) is 32.4 Å². The summed E-state index contributed by atoms with van der Waals surface area (Å²) in [5.74, 6) is 1.47. The lowest BCUT2D eigenvalue weighted by Crippen LogP contribution is -2.25. The van der Waals surface area contributed by atoms with Gasteiger partial charge in [0, 0.05) is 0 Å². The van der Waals surface area contributed by atoms with Gasteiger partial charge in [-0.05, 0) is 39.8 Å². The van der Waals surface area contributed by atoms with Crippen LogP contribution in [-0.2, 0) is 11.4 Å². The molecule has 1 atom stereocenters. The van der Waals surface area contributed by atoms with Crippen LogP contribution < -0.4 is 0 Å². The minimum atomic E-state index is -1.22. The van der Waals surface area contributed by atoms with Gasteiger partial charge in [-0.15, -0.1) is 0 Å². The van der Waals surface area contributed by atoms with E-state index in [1.54, 1.807) is 6.07 Å². The van der Waals surface area contributed by atoms with E-state index in [1.807, 2.05) is 33.8 Å². The summed E-state index contributed by atoms with van der Waals surface area (Å²) in [5.41, 5.74) is 0. The molecule has 0 saturated carbocycles. The first-order valence-corrected chi connectivity index (χ1v) is 5.53. The van der Waals surface area contributed by atoms with E-state index >= 15 is 0 Å². The van der Waals surface area contributed by atoms with Crippen LogP contribution in [0.5, 0.6) is 0 Å². The van der Waals surface area contributed by atoms with Crippen molar-refractivity contribution in [2.75, 3.05) is 0 Å². The Kier molecular flexibility index (Phi) is 3.39. The maximum Gasteiger partial charge on any atom is 0.149 e. The molecule has 14 heavy (non-hydrogen) atoms. The van der Waals surface area contributed by atoms with Gasteiger partial charge in [0.05, 0.1) is 0 Å². The molecule has 0 saturated heterocycles. The smallest absolute Gasteiger partial charge is 0.149 e. The predicted octanol–water partition coefficient (Wildman–Crippen LogP) is 2.47. The van der Waals surface area contributed by atoms with E-state index in [0.717, 1.165) is 5.76 Å². The molecular formula is C10H15NO2S. The molecule has 0 bridgehead atoms. The normalized spacial score (nSPS) is 14.9. The molecule has 0 aliphatic heterocycles. The van der Waals surface area contributed by atoms with Gasteiger partial charge < -0.3 is 8.97 Å². The molecule has 4 heteroatoms. The average Bonchev–Trinajstić information content (AvgIpc) is 2.45. The van der Waals surface area contributed by atoms with Crippen LogP contribution in [0.1, 0.15) is 32.3 Å². The zero-order valence-corrected chi connectivity index (χ0v) is 9.72. The Morgan fingerprint density at radius 3 is 2.50 bits per heavy atom. The zero-order valence-electron chi connectivity index (χ0n) is 8.90. The highest BCUT2D eigenvalue weighted by atomic mass is 32.2. The van der Waals surface area contributed by atoms with Gasteiger partial charge in [0.2, 0.25) is 0 Å². The second-order valence-corrected chi connectivity index (χ2v) is 5.98. The topological polar surface area (TPSA) is 48.6 Å². The van der Waals surface area contributed by atoms with Gasteiger partial charge in [-0.25, -0.2) is 0 Å². The standard InChI is InChI=1S/C10H15NO2S/c1-8-5-6-9(13-8)7-11-14(12)10(2,3)4/h5-7H,1-4H3/b11-7+. The van der Waals surface area contributed by atoms with Crippen LogP contribution in [0.4, 0.5) is 0 Å². The van der Waals surface area contributed by atoms with Crippen LogP contribution in [0, 0.1) is 6.92 Å². The third kappa shape index (κ3) is 3.20. The van der Waals surface area contributed by atoms with E-state index in [9.17, 15) is 4.55 Å². The van der Waals surface area contributed by atoms with Gasteiger partial charge in [-0.1, -0.05) is 4.40 Å². The lowest BCUT2D eigenvalue weighted by atomic mass is 10.3. The number of aryl methyl sites for hydroxylation is 1. The molecule has 78 valence electrons. The molecule has 1 heterocycles. The number of hydrogen-bond donors (Lipinski definition) is 0. The lowest BCUT2D eigenvalue weighted by molar-refractivity contribution is 0.527. The summed E-state index contributed by atoms with van der Waals surface area (Å²) < 4.78 is 20.4. The van der Waals surface area contributed by atoms with Gasteiger partial charge in [0.1, 0.15) is 33.8 Å². The zero-order chi connectivity index (χ0) is 10.8. The van der Waals surface area contributed by atoms with Gasteiger partial charge in [-0.3, -0.25) is 0 Å². The van der Waals surface area contributed by atoms with E-state index in [-0.39, 0.29) is 4.75 Å². The van der Waals surface area contributed by atoms with Gasteiger partial charge in [0.15, 0.2) is 0 Å². The van der Waals surface area contributed by atoms with Crippen molar-refractivity contribution in [3.8, 4) is 0 Å². The van der Waals surface area contributed by atoms with E-state index in [2.05, 4.69) is 4.40 Å².